The number of allylic oxidation sites excluding steroid dienone is 4. The van der Waals surface area contributed by atoms with Crippen molar-refractivity contribution in [1.82, 2.24) is 0 Å². The number of nitrogens with zero attached hydrogens (tertiary/aromatic N) is 2. The third kappa shape index (κ3) is 4.10. The Balaban J connectivity index is 1.74. The minimum Gasteiger partial charge on any atom is -0.344 e. The third-order valence-corrected chi connectivity index (χ3v) is 7.63. The minimum absolute atomic E-state index is 0.0785. The highest BCUT2D eigenvalue weighted by molar-refractivity contribution is 6.02. The van der Waals surface area contributed by atoms with Gasteiger partial charge in [-0.3, -0.25) is 4.79 Å². The van der Waals surface area contributed by atoms with Crippen molar-refractivity contribution in [3.8, 4) is 0 Å². The van der Waals surface area contributed by atoms with E-state index in [1.807, 2.05) is 12.2 Å². The summed E-state index contributed by atoms with van der Waals surface area (Å²) in [4.78, 5) is 18.4. The van der Waals surface area contributed by atoms with Gasteiger partial charge in [-0.05, 0) is 36.1 Å². The maximum absolute atomic E-state index is 13.7. The van der Waals surface area contributed by atoms with Gasteiger partial charge in [0.1, 0.15) is 0 Å². The second-order valence-electron chi connectivity index (χ2n) is 10.8. The molecule has 180 valence electrons. The van der Waals surface area contributed by atoms with Crippen LogP contribution in [0.5, 0.6) is 0 Å². The van der Waals surface area contributed by atoms with E-state index >= 15 is 0 Å². The number of anilines is 2. The van der Waals surface area contributed by atoms with E-state index in [-0.39, 0.29) is 16.6 Å². The molecule has 2 aromatic carbocycles. The Morgan fingerprint density at radius 2 is 1.09 bits per heavy atom. The van der Waals surface area contributed by atoms with Crippen LogP contribution in [-0.2, 0) is 15.6 Å². The number of benzene rings is 2. The second kappa shape index (κ2) is 9.44. The predicted octanol–water partition coefficient (Wildman–Crippen LogP) is 7.52. The van der Waals surface area contributed by atoms with Crippen molar-refractivity contribution in [1.29, 1.82) is 0 Å². The van der Waals surface area contributed by atoms with Crippen molar-refractivity contribution in [3.63, 3.8) is 0 Å². The van der Waals surface area contributed by atoms with Gasteiger partial charge in [0.05, 0.1) is 0 Å². The molecular weight excluding hydrogens is 416 g/mol. The van der Waals surface area contributed by atoms with Crippen molar-refractivity contribution in [3.05, 3.63) is 83.2 Å². The van der Waals surface area contributed by atoms with E-state index in [4.69, 9.17) is 0 Å². The van der Waals surface area contributed by atoms with E-state index < -0.39 is 0 Å². The number of carbonyl (C=O) groups excluding carboxylic acids is 1. The number of hydrogen-bond acceptors (Lipinski definition) is 3. The van der Waals surface area contributed by atoms with E-state index in [9.17, 15) is 4.79 Å². The molecule has 0 spiro atoms. The Hall–Kier alpha value is -2.81. The Morgan fingerprint density at radius 1 is 0.706 bits per heavy atom. The van der Waals surface area contributed by atoms with Gasteiger partial charge in [-0.15, -0.1) is 0 Å². The van der Waals surface area contributed by atoms with Gasteiger partial charge in [-0.2, -0.15) is 0 Å². The predicted molar refractivity (Wildman–Crippen MR) is 145 cm³/mol. The Morgan fingerprint density at radius 3 is 1.47 bits per heavy atom. The molecule has 0 aliphatic carbocycles. The molecule has 0 atom stereocenters. The van der Waals surface area contributed by atoms with Crippen LogP contribution >= 0.6 is 0 Å². The van der Waals surface area contributed by atoms with Gasteiger partial charge in [-0.1, -0.05) is 90.8 Å². The van der Waals surface area contributed by atoms with E-state index in [2.05, 4.69) is 99.9 Å². The lowest BCUT2D eigenvalue weighted by molar-refractivity contribution is -0.110. The summed E-state index contributed by atoms with van der Waals surface area (Å²) in [6.07, 6.45) is 8.26. The maximum atomic E-state index is 13.7. The first-order valence-electron chi connectivity index (χ1n) is 13.0. The van der Waals surface area contributed by atoms with Crippen LogP contribution in [0.1, 0.15) is 78.4 Å². The van der Waals surface area contributed by atoms with Gasteiger partial charge in [0.2, 0.25) is 0 Å². The summed E-state index contributed by atoms with van der Waals surface area (Å²) >= 11 is 0. The monoisotopic (exact) mass is 456 g/mol. The molecule has 0 bridgehead atoms. The van der Waals surface area contributed by atoms with Gasteiger partial charge in [0.15, 0.2) is 5.78 Å². The molecule has 0 unspecified atom stereocenters. The van der Waals surface area contributed by atoms with Crippen molar-refractivity contribution < 1.29 is 4.79 Å². The number of fused-ring (bicyclic) bond motifs is 2. The summed E-state index contributed by atoms with van der Waals surface area (Å²) in [6, 6.07) is 17.2. The normalized spacial score (nSPS) is 20.2. The molecule has 0 saturated carbocycles. The molecule has 0 saturated heterocycles. The minimum atomic E-state index is -0.200. The molecule has 2 aromatic rings. The first-order chi connectivity index (χ1) is 16.2. The van der Waals surface area contributed by atoms with E-state index in [0.717, 1.165) is 50.2 Å². The van der Waals surface area contributed by atoms with Crippen LogP contribution in [0, 0.1) is 0 Å². The highest BCUT2D eigenvalue weighted by Crippen LogP contribution is 2.49. The van der Waals surface area contributed by atoms with Gasteiger partial charge in [0.25, 0.3) is 0 Å². The molecule has 2 heterocycles. The zero-order valence-electron chi connectivity index (χ0n) is 21.8. The molecule has 34 heavy (non-hydrogen) atoms. The average molecular weight is 457 g/mol. The van der Waals surface area contributed by atoms with Crippen molar-refractivity contribution in [2.45, 2.75) is 78.1 Å². The first kappa shape index (κ1) is 24.3. The van der Waals surface area contributed by atoms with Gasteiger partial charge < -0.3 is 9.80 Å². The van der Waals surface area contributed by atoms with Crippen LogP contribution in [-0.4, -0.2) is 18.9 Å². The number of rotatable bonds is 8. The standard InChI is InChI=1S/C31H40N2O/c1-7-9-19-32-26-17-13-11-15-24(26)30(3,4)28(32)21-23(34)22-29-31(5,6)25-16-12-14-18-27(25)33(29)20-10-8-2/h11-18,21-22H,7-10,19-20H2,1-6H3/b28-21+,29-22+. The second-order valence-corrected chi connectivity index (χ2v) is 10.8. The molecule has 3 heteroatoms. The van der Waals surface area contributed by atoms with Gasteiger partial charge >= 0.3 is 0 Å². The first-order valence-corrected chi connectivity index (χ1v) is 13.0. The van der Waals surface area contributed by atoms with E-state index in [0.29, 0.717) is 0 Å². The number of ketones is 1. The zero-order chi connectivity index (χ0) is 24.5. The Bertz CT molecular complexity index is 1030. The van der Waals surface area contributed by atoms with Gasteiger partial charge in [0, 0.05) is 58.8 Å². The summed E-state index contributed by atoms with van der Waals surface area (Å²) in [6.45, 7) is 15.3. The number of hydrogen-bond donors (Lipinski definition) is 0. The van der Waals surface area contributed by atoms with Crippen molar-refractivity contribution >= 4 is 17.2 Å². The molecule has 3 nitrogen and oxygen atoms in total. The molecular formula is C31H40N2O. The molecule has 2 aliphatic rings. The third-order valence-electron chi connectivity index (χ3n) is 7.63. The summed E-state index contributed by atoms with van der Waals surface area (Å²) in [5.74, 6) is 0.0785. The number of carbonyl (C=O) groups is 1. The molecule has 0 aromatic heterocycles. The molecule has 0 amide bonds. The van der Waals surface area contributed by atoms with Gasteiger partial charge in [-0.25, -0.2) is 0 Å². The highest BCUT2D eigenvalue weighted by Gasteiger charge is 2.42. The topological polar surface area (TPSA) is 23.6 Å². The van der Waals surface area contributed by atoms with Crippen molar-refractivity contribution in [2.75, 3.05) is 22.9 Å². The molecule has 0 N–H and O–H groups in total. The molecule has 0 radical (unpaired) electrons. The fraction of sp³-hybridized carbons (Fsp3) is 0.452. The molecule has 0 fully saturated rings. The van der Waals surface area contributed by atoms with Crippen LogP contribution in [0.3, 0.4) is 0 Å². The summed E-state index contributed by atoms with van der Waals surface area (Å²) in [5, 5.41) is 0. The number of para-hydroxylation sites is 2. The lowest BCUT2D eigenvalue weighted by Crippen LogP contribution is -2.29. The van der Waals surface area contributed by atoms with Crippen LogP contribution < -0.4 is 9.80 Å². The highest BCUT2D eigenvalue weighted by atomic mass is 16.1. The Labute approximate surface area is 206 Å². The van der Waals surface area contributed by atoms with E-state index in [1.54, 1.807) is 0 Å². The van der Waals surface area contributed by atoms with Crippen LogP contribution in [0.4, 0.5) is 11.4 Å². The number of unbranched alkanes of at least 4 members (excludes halogenated alkanes) is 2. The fourth-order valence-corrected chi connectivity index (χ4v) is 5.63. The summed E-state index contributed by atoms with van der Waals surface area (Å²) < 4.78 is 0. The van der Waals surface area contributed by atoms with Crippen LogP contribution in [0.15, 0.2) is 72.1 Å². The zero-order valence-corrected chi connectivity index (χ0v) is 21.8. The fourth-order valence-electron chi connectivity index (χ4n) is 5.63. The lowest BCUT2D eigenvalue weighted by atomic mass is 9.82. The quantitative estimate of drug-likeness (QED) is 0.384. The SMILES string of the molecule is CCCCN1/C(=C/C(=O)/C=C2/N(CCCC)c3ccccc3C2(C)C)C(C)(C)c2ccccc21. The Kier molecular flexibility index (Phi) is 6.75. The largest absolute Gasteiger partial charge is 0.344 e. The van der Waals surface area contributed by atoms with Crippen LogP contribution in [0.25, 0.3) is 0 Å². The lowest BCUT2D eigenvalue weighted by Gasteiger charge is -2.28. The molecule has 4 rings (SSSR count). The smallest absolute Gasteiger partial charge is 0.182 e. The van der Waals surface area contributed by atoms with Crippen molar-refractivity contribution in [2.24, 2.45) is 0 Å². The summed E-state index contributed by atoms with van der Waals surface area (Å²) in [7, 11) is 0. The molecule has 2 aliphatic heterocycles. The maximum Gasteiger partial charge on any atom is 0.182 e. The average Bonchev–Trinajstić information content (AvgIpc) is 3.16. The van der Waals surface area contributed by atoms with Crippen LogP contribution in [0.2, 0.25) is 0 Å². The summed E-state index contributed by atoms with van der Waals surface area (Å²) in [5.41, 5.74) is 6.90. The van der Waals surface area contributed by atoms with E-state index in [1.165, 1.54) is 22.5 Å².